The molecule has 3 nitrogen and oxygen atoms in total. The summed E-state index contributed by atoms with van der Waals surface area (Å²) in [6.07, 6.45) is 1.19. The highest BCUT2D eigenvalue weighted by molar-refractivity contribution is 6.30. The van der Waals surface area contributed by atoms with Crippen molar-refractivity contribution in [3.8, 4) is 17.2 Å². The van der Waals surface area contributed by atoms with Gasteiger partial charge in [0, 0.05) is 17.6 Å². The summed E-state index contributed by atoms with van der Waals surface area (Å²) in [5, 5.41) is 3.92. The lowest BCUT2D eigenvalue weighted by molar-refractivity contribution is 0.215. The average molecular weight is 304 g/mol. The van der Waals surface area contributed by atoms with Gasteiger partial charge in [-0.2, -0.15) is 0 Å². The van der Waals surface area contributed by atoms with Crippen LogP contribution in [-0.2, 0) is 0 Å². The second-order valence-corrected chi connectivity index (χ2v) is 5.68. The van der Waals surface area contributed by atoms with Gasteiger partial charge >= 0.3 is 0 Å². The van der Waals surface area contributed by atoms with Gasteiger partial charge in [0.2, 0.25) is 0 Å². The minimum atomic E-state index is 0.187. The molecule has 0 unspecified atom stereocenters. The maximum atomic E-state index is 6.08. The molecule has 0 amide bonds. The number of aryl methyl sites for hydroxylation is 1. The molecule has 1 heterocycles. The molecule has 4 heteroatoms. The summed E-state index contributed by atoms with van der Waals surface area (Å²) in [4.78, 5) is 0. The molecule has 0 aliphatic carbocycles. The van der Waals surface area contributed by atoms with Crippen LogP contribution in [0.2, 0.25) is 5.02 Å². The minimum absolute atomic E-state index is 0.187. The van der Waals surface area contributed by atoms with E-state index in [0.29, 0.717) is 10.8 Å². The van der Waals surface area contributed by atoms with Crippen LogP contribution in [0.25, 0.3) is 0 Å². The zero-order valence-electron chi connectivity index (χ0n) is 11.9. The van der Waals surface area contributed by atoms with E-state index >= 15 is 0 Å². The molecule has 0 bridgehead atoms. The van der Waals surface area contributed by atoms with Crippen molar-refractivity contribution >= 4 is 11.6 Å². The maximum absolute atomic E-state index is 6.08. The quantitative estimate of drug-likeness (QED) is 0.919. The summed E-state index contributed by atoms with van der Waals surface area (Å²) in [7, 11) is 0. The average Bonchev–Trinajstić information content (AvgIpc) is 2.97. The van der Waals surface area contributed by atoms with Gasteiger partial charge in [-0.25, -0.2) is 0 Å². The van der Waals surface area contributed by atoms with E-state index in [0.717, 1.165) is 31.0 Å². The largest absolute Gasteiger partial charge is 0.485 e. The Morgan fingerprint density at radius 1 is 1.10 bits per heavy atom. The monoisotopic (exact) mass is 303 g/mol. The predicted molar refractivity (Wildman–Crippen MR) is 84.6 cm³/mol. The SMILES string of the molecule is Cc1ccc(Oc2cc(Cl)ccc2O[C@H]2CCNC2)cc1. The van der Waals surface area contributed by atoms with Gasteiger partial charge in [0.15, 0.2) is 11.5 Å². The molecule has 0 aromatic heterocycles. The van der Waals surface area contributed by atoms with Crippen LogP contribution in [0.1, 0.15) is 12.0 Å². The summed E-state index contributed by atoms with van der Waals surface area (Å²) >= 11 is 6.08. The molecule has 1 aliphatic heterocycles. The number of hydrogen-bond donors (Lipinski definition) is 1. The second-order valence-electron chi connectivity index (χ2n) is 5.24. The van der Waals surface area contributed by atoms with Crippen LogP contribution in [0.5, 0.6) is 17.2 Å². The molecule has 2 aromatic rings. The Kier molecular flexibility index (Phi) is 4.32. The lowest BCUT2D eigenvalue weighted by Crippen LogP contribution is -2.19. The molecule has 3 rings (SSSR count). The van der Waals surface area contributed by atoms with E-state index in [-0.39, 0.29) is 6.10 Å². The van der Waals surface area contributed by atoms with Crippen LogP contribution >= 0.6 is 11.6 Å². The molecule has 110 valence electrons. The molecule has 0 saturated carbocycles. The fourth-order valence-corrected chi connectivity index (χ4v) is 2.46. The third kappa shape index (κ3) is 3.69. The summed E-state index contributed by atoms with van der Waals surface area (Å²) < 4.78 is 11.9. The summed E-state index contributed by atoms with van der Waals surface area (Å²) in [6.45, 7) is 3.91. The van der Waals surface area contributed by atoms with Gasteiger partial charge in [-0.05, 0) is 44.2 Å². The summed E-state index contributed by atoms with van der Waals surface area (Å²) in [5.41, 5.74) is 1.20. The van der Waals surface area contributed by atoms with Gasteiger partial charge in [0.1, 0.15) is 11.9 Å². The van der Waals surface area contributed by atoms with Crippen LogP contribution in [0.4, 0.5) is 0 Å². The molecule has 1 aliphatic rings. The van der Waals surface area contributed by atoms with Crippen molar-refractivity contribution in [2.45, 2.75) is 19.4 Å². The third-order valence-electron chi connectivity index (χ3n) is 3.46. The molecule has 2 aromatic carbocycles. The van der Waals surface area contributed by atoms with Crippen molar-refractivity contribution in [3.63, 3.8) is 0 Å². The number of ether oxygens (including phenoxy) is 2. The van der Waals surface area contributed by atoms with E-state index in [9.17, 15) is 0 Å². The van der Waals surface area contributed by atoms with E-state index in [1.807, 2.05) is 43.3 Å². The Bertz CT molecular complexity index is 607. The highest BCUT2D eigenvalue weighted by Gasteiger charge is 2.18. The molecule has 1 N–H and O–H groups in total. The molecule has 1 saturated heterocycles. The number of hydrogen-bond acceptors (Lipinski definition) is 3. The zero-order valence-corrected chi connectivity index (χ0v) is 12.7. The summed E-state index contributed by atoms with van der Waals surface area (Å²) in [5.74, 6) is 2.16. The molecule has 0 radical (unpaired) electrons. The predicted octanol–water partition coefficient (Wildman–Crippen LogP) is 4.18. The summed E-state index contributed by atoms with van der Waals surface area (Å²) in [6, 6.07) is 13.4. The molecule has 21 heavy (non-hydrogen) atoms. The lowest BCUT2D eigenvalue weighted by atomic mass is 10.2. The third-order valence-corrected chi connectivity index (χ3v) is 3.70. The number of halogens is 1. The molecule has 0 spiro atoms. The Morgan fingerprint density at radius 2 is 1.90 bits per heavy atom. The van der Waals surface area contributed by atoms with Crippen molar-refractivity contribution in [1.29, 1.82) is 0 Å². The normalized spacial score (nSPS) is 17.7. The topological polar surface area (TPSA) is 30.5 Å². The van der Waals surface area contributed by atoms with E-state index in [1.165, 1.54) is 5.56 Å². The van der Waals surface area contributed by atoms with Crippen LogP contribution in [0.15, 0.2) is 42.5 Å². The molecule has 1 atom stereocenters. The lowest BCUT2D eigenvalue weighted by Gasteiger charge is -2.16. The van der Waals surface area contributed by atoms with Crippen molar-refractivity contribution in [2.24, 2.45) is 0 Å². The number of benzene rings is 2. The van der Waals surface area contributed by atoms with Crippen molar-refractivity contribution in [2.75, 3.05) is 13.1 Å². The van der Waals surface area contributed by atoms with Gasteiger partial charge in [-0.15, -0.1) is 0 Å². The van der Waals surface area contributed by atoms with Crippen molar-refractivity contribution in [1.82, 2.24) is 5.32 Å². The Hall–Kier alpha value is -1.71. The van der Waals surface area contributed by atoms with Crippen molar-refractivity contribution < 1.29 is 9.47 Å². The highest BCUT2D eigenvalue weighted by atomic mass is 35.5. The van der Waals surface area contributed by atoms with E-state index in [4.69, 9.17) is 21.1 Å². The number of nitrogens with one attached hydrogen (secondary N) is 1. The van der Waals surface area contributed by atoms with Crippen LogP contribution in [0, 0.1) is 6.92 Å². The first-order valence-electron chi connectivity index (χ1n) is 7.12. The fourth-order valence-electron chi connectivity index (χ4n) is 2.30. The second kappa shape index (κ2) is 6.37. The van der Waals surface area contributed by atoms with E-state index in [1.54, 1.807) is 6.07 Å². The van der Waals surface area contributed by atoms with Crippen LogP contribution < -0.4 is 14.8 Å². The minimum Gasteiger partial charge on any atom is -0.485 e. The van der Waals surface area contributed by atoms with Gasteiger partial charge in [-0.1, -0.05) is 29.3 Å². The first kappa shape index (κ1) is 14.2. The molecular weight excluding hydrogens is 286 g/mol. The Labute approximate surface area is 129 Å². The van der Waals surface area contributed by atoms with Gasteiger partial charge < -0.3 is 14.8 Å². The Morgan fingerprint density at radius 3 is 2.62 bits per heavy atom. The van der Waals surface area contributed by atoms with Gasteiger partial charge in [0.25, 0.3) is 0 Å². The standard InChI is InChI=1S/C17H18ClNO2/c1-12-2-5-14(6-3-12)20-17-10-13(18)4-7-16(17)21-15-8-9-19-11-15/h2-7,10,15,19H,8-9,11H2,1H3/t15-/m0/s1. The molecule has 1 fully saturated rings. The number of rotatable bonds is 4. The first-order valence-corrected chi connectivity index (χ1v) is 7.50. The van der Waals surface area contributed by atoms with Crippen LogP contribution in [0.3, 0.4) is 0 Å². The fraction of sp³-hybridized carbons (Fsp3) is 0.294. The molecular formula is C17H18ClNO2. The van der Waals surface area contributed by atoms with E-state index in [2.05, 4.69) is 5.32 Å². The maximum Gasteiger partial charge on any atom is 0.170 e. The smallest absolute Gasteiger partial charge is 0.170 e. The van der Waals surface area contributed by atoms with Crippen molar-refractivity contribution in [3.05, 3.63) is 53.1 Å². The zero-order chi connectivity index (χ0) is 14.7. The first-order chi connectivity index (χ1) is 10.2. The van der Waals surface area contributed by atoms with Crippen LogP contribution in [-0.4, -0.2) is 19.2 Å². The Balaban J connectivity index is 1.81. The van der Waals surface area contributed by atoms with Gasteiger partial charge in [-0.3, -0.25) is 0 Å². The van der Waals surface area contributed by atoms with Gasteiger partial charge in [0.05, 0.1) is 0 Å². The highest BCUT2D eigenvalue weighted by Crippen LogP contribution is 2.35. The van der Waals surface area contributed by atoms with E-state index < -0.39 is 0 Å².